The van der Waals surface area contributed by atoms with E-state index in [0.717, 1.165) is 38.6 Å². The highest BCUT2D eigenvalue weighted by molar-refractivity contribution is 4.88. The highest BCUT2D eigenvalue weighted by Gasteiger charge is 2.31. The first-order chi connectivity index (χ1) is 9.61. The number of aliphatic hydroxyl groups excluding tert-OH is 1. The van der Waals surface area contributed by atoms with E-state index in [1.54, 1.807) is 0 Å². The van der Waals surface area contributed by atoms with Gasteiger partial charge in [0.1, 0.15) is 0 Å². The van der Waals surface area contributed by atoms with Crippen LogP contribution in [0.2, 0.25) is 0 Å². The SMILES string of the molecule is CC(C)CC(N)C(CO)N1CCN(C2CCCC2)CC1. The zero-order valence-electron chi connectivity index (χ0n) is 13.3. The van der Waals surface area contributed by atoms with E-state index in [0.29, 0.717) is 5.92 Å². The van der Waals surface area contributed by atoms with E-state index in [4.69, 9.17) is 5.73 Å². The van der Waals surface area contributed by atoms with Crippen molar-refractivity contribution in [3.63, 3.8) is 0 Å². The van der Waals surface area contributed by atoms with Crippen molar-refractivity contribution < 1.29 is 5.11 Å². The molecule has 0 bridgehead atoms. The third kappa shape index (κ3) is 4.17. The average Bonchev–Trinajstić information content (AvgIpc) is 2.93. The molecule has 2 atom stereocenters. The minimum Gasteiger partial charge on any atom is -0.395 e. The molecule has 0 amide bonds. The van der Waals surface area contributed by atoms with Gasteiger partial charge in [-0.1, -0.05) is 26.7 Å². The molecule has 118 valence electrons. The van der Waals surface area contributed by atoms with Gasteiger partial charge in [-0.05, 0) is 25.2 Å². The first kappa shape index (κ1) is 16.2. The van der Waals surface area contributed by atoms with Crippen molar-refractivity contribution in [2.45, 2.75) is 64.1 Å². The molecule has 0 aromatic rings. The van der Waals surface area contributed by atoms with Crippen molar-refractivity contribution in [3.05, 3.63) is 0 Å². The molecule has 0 spiro atoms. The molecule has 1 aliphatic carbocycles. The van der Waals surface area contributed by atoms with Gasteiger partial charge in [-0.25, -0.2) is 0 Å². The van der Waals surface area contributed by atoms with Crippen LogP contribution in [-0.4, -0.2) is 65.8 Å². The summed E-state index contributed by atoms with van der Waals surface area (Å²) >= 11 is 0. The summed E-state index contributed by atoms with van der Waals surface area (Å²) < 4.78 is 0. The van der Waals surface area contributed by atoms with Gasteiger partial charge < -0.3 is 10.8 Å². The molecule has 1 saturated carbocycles. The van der Waals surface area contributed by atoms with Crippen LogP contribution in [0, 0.1) is 5.92 Å². The van der Waals surface area contributed by atoms with E-state index in [1.165, 1.54) is 25.7 Å². The number of piperazine rings is 1. The number of aliphatic hydroxyl groups is 1. The van der Waals surface area contributed by atoms with Crippen molar-refractivity contribution in [3.8, 4) is 0 Å². The van der Waals surface area contributed by atoms with Crippen LogP contribution in [0.1, 0.15) is 46.0 Å². The summed E-state index contributed by atoms with van der Waals surface area (Å²) in [6.45, 7) is 9.02. The van der Waals surface area contributed by atoms with Crippen molar-refractivity contribution >= 4 is 0 Å². The van der Waals surface area contributed by atoms with Crippen LogP contribution in [0.5, 0.6) is 0 Å². The Kier molecular flexibility index (Phi) is 6.27. The summed E-state index contributed by atoms with van der Waals surface area (Å²) in [5.41, 5.74) is 6.30. The van der Waals surface area contributed by atoms with Crippen molar-refractivity contribution in [2.24, 2.45) is 11.7 Å². The van der Waals surface area contributed by atoms with Gasteiger partial charge in [0.2, 0.25) is 0 Å². The van der Waals surface area contributed by atoms with Gasteiger partial charge in [-0.3, -0.25) is 9.80 Å². The molecule has 4 heteroatoms. The first-order valence-corrected chi connectivity index (χ1v) is 8.46. The molecule has 0 aromatic carbocycles. The predicted molar refractivity (Wildman–Crippen MR) is 83.7 cm³/mol. The molecule has 4 nitrogen and oxygen atoms in total. The zero-order chi connectivity index (χ0) is 14.5. The van der Waals surface area contributed by atoms with Crippen LogP contribution < -0.4 is 5.73 Å². The standard InChI is InChI=1S/C16H33N3O/c1-13(2)11-15(17)16(12-20)19-9-7-18(8-10-19)14-5-3-4-6-14/h13-16,20H,3-12,17H2,1-2H3. The molecule has 2 fully saturated rings. The van der Waals surface area contributed by atoms with Gasteiger partial charge in [0.05, 0.1) is 6.61 Å². The van der Waals surface area contributed by atoms with E-state index >= 15 is 0 Å². The third-order valence-electron chi connectivity index (χ3n) is 5.08. The predicted octanol–water partition coefficient (Wildman–Crippen LogP) is 1.28. The lowest BCUT2D eigenvalue weighted by Crippen LogP contribution is -2.58. The Morgan fingerprint density at radius 2 is 1.70 bits per heavy atom. The fourth-order valence-corrected chi connectivity index (χ4v) is 3.93. The second kappa shape index (κ2) is 7.74. The van der Waals surface area contributed by atoms with E-state index in [9.17, 15) is 5.11 Å². The van der Waals surface area contributed by atoms with Crippen LogP contribution in [0.25, 0.3) is 0 Å². The molecule has 1 aliphatic heterocycles. The largest absolute Gasteiger partial charge is 0.395 e. The smallest absolute Gasteiger partial charge is 0.0601 e. The maximum absolute atomic E-state index is 9.70. The second-order valence-electron chi connectivity index (χ2n) is 7.05. The summed E-state index contributed by atoms with van der Waals surface area (Å²) in [4.78, 5) is 5.07. The quantitative estimate of drug-likeness (QED) is 0.771. The molecule has 2 rings (SSSR count). The number of nitrogens with two attached hydrogens (primary N) is 1. The fourth-order valence-electron chi connectivity index (χ4n) is 3.93. The molecule has 1 heterocycles. The number of rotatable bonds is 6. The van der Waals surface area contributed by atoms with Gasteiger partial charge in [-0.2, -0.15) is 0 Å². The third-order valence-corrected chi connectivity index (χ3v) is 5.08. The molecule has 3 N–H and O–H groups in total. The van der Waals surface area contributed by atoms with Crippen molar-refractivity contribution in [2.75, 3.05) is 32.8 Å². The Labute approximate surface area is 124 Å². The highest BCUT2D eigenvalue weighted by Crippen LogP contribution is 2.25. The zero-order valence-corrected chi connectivity index (χ0v) is 13.3. The van der Waals surface area contributed by atoms with E-state index in [1.807, 2.05) is 0 Å². The second-order valence-corrected chi connectivity index (χ2v) is 7.05. The maximum Gasteiger partial charge on any atom is 0.0601 e. The topological polar surface area (TPSA) is 52.7 Å². The Morgan fingerprint density at radius 1 is 1.10 bits per heavy atom. The minimum absolute atomic E-state index is 0.0954. The Balaban J connectivity index is 1.81. The molecule has 2 aliphatic rings. The highest BCUT2D eigenvalue weighted by atomic mass is 16.3. The summed E-state index contributed by atoms with van der Waals surface area (Å²) in [6.07, 6.45) is 6.58. The number of hydrogen-bond acceptors (Lipinski definition) is 4. The van der Waals surface area contributed by atoms with E-state index < -0.39 is 0 Å². The molecule has 1 saturated heterocycles. The fraction of sp³-hybridized carbons (Fsp3) is 1.00. The molecule has 0 radical (unpaired) electrons. The Morgan fingerprint density at radius 3 is 2.20 bits per heavy atom. The Hall–Kier alpha value is -0.160. The van der Waals surface area contributed by atoms with Crippen molar-refractivity contribution in [1.82, 2.24) is 9.80 Å². The van der Waals surface area contributed by atoms with Crippen molar-refractivity contribution in [1.29, 1.82) is 0 Å². The molecule has 0 aromatic heterocycles. The monoisotopic (exact) mass is 283 g/mol. The van der Waals surface area contributed by atoms with Crippen LogP contribution in [-0.2, 0) is 0 Å². The van der Waals surface area contributed by atoms with Crippen LogP contribution in [0.15, 0.2) is 0 Å². The van der Waals surface area contributed by atoms with Gasteiger partial charge in [0.15, 0.2) is 0 Å². The lowest BCUT2D eigenvalue weighted by Gasteiger charge is -2.43. The summed E-state index contributed by atoms with van der Waals surface area (Å²) in [5, 5.41) is 9.70. The molecular weight excluding hydrogens is 250 g/mol. The summed E-state index contributed by atoms with van der Waals surface area (Å²) in [7, 11) is 0. The normalized spacial score (nSPS) is 26.2. The summed E-state index contributed by atoms with van der Waals surface area (Å²) in [5.74, 6) is 0.596. The van der Waals surface area contributed by atoms with Crippen LogP contribution >= 0.6 is 0 Å². The van der Waals surface area contributed by atoms with Gasteiger partial charge >= 0.3 is 0 Å². The average molecular weight is 283 g/mol. The Bertz CT molecular complexity index is 271. The summed E-state index contributed by atoms with van der Waals surface area (Å²) in [6, 6.07) is 1.07. The van der Waals surface area contributed by atoms with Gasteiger partial charge in [0, 0.05) is 44.3 Å². The van der Waals surface area contributed by atoms with Gasteiger partial charge in [-0.15, -0.1) is 0 Å². The molecule has 20 heavy (non-hydrogen) atoms. The molecule has 2 unspecified atom stereocenters. The lowest BCUT2D eigenvalue weighted by atomic mass is 9.97. The van der Waals surface area contributed by atoms with E-state index in [-0.39, 0.29) is 18.7 Å². The number of nitrogens with zero attached hydrogens (tertiary/aromatic N) is 2. The minimum atomic E-state index is 0.0954. The maximum atomic E-state index is 9.70. The molecular formula is C16H33N3O. The van der Waals surface area contributed by atoms with E-state index in [2.05, 4.69) is 23.6 Å². The number of hydrogen-bond donors (Lipinski definition) is 2. The first-order valence-electron chi connectivity index (χ1n) is 8.46. The van der Waals surface area contributed by atoms with Gasteiger partial charge in [0.25, 0.3) is 0 Å². The lowest BCUT2D eigenvalue weighted by molar-refractivity contribution is 0.0357. The van der Waals surface area contributed by atoms with Crippen LogP contribution in [0.3, 0.4) is 0 Å². The van der Waals surface area contributed by atoms with Crippen LogP contribution in [0.4, 0.5) is 0 Å².